The lowest BCUT2D eigenvalue weighted by molar-refractivity contribution is 0.0894. The second-order valence-corrected chi connectivity index (χ2v) is 6.33. The van der Waals surface area contributed by atoms with Crippen molar-refractivity contribution >= 4 is 16.9 Å². The molecule has 0 spiro atoms. The van der Waals surface area contributed by atoms with Crippen LogP contribution in [0.3, 0.4) is 0 Å². The normalized spacial score (nSPS) is 10.9. The summed E-state index contributed by atoms with van der Waals surface area (Å²) in [6.45, 7) is 5.09. The number of benzene rings is 2. The third-order valence-electron chi connectivity index (χ3n) is 4.29. The van der Waals surface area contributed by atoms with Gasteiger partial charge in [0.15, 0.2) is 11.5 Å². The summed E-state index contributed by atoms with van der Waals surface area (Å²) in [6.07, 6.45) is 2.79. The van der Waals surface area contributed by atoms with Gasteiger partial charge in [-0.3, -0.25) is 9.36 Å². The predicted octanol–water partition coefficient (Wildman–Crippen LogP) is 4.89. The highest BCUT2D eigenvalue weighted by atomic mass is 16.5. The molecule has 0 amide bonds. The molecule has 2 aromatic carbocycles. The lowest BCUT2D eigenvalue weighted by atomic mass is 10.2. The van der Waals surface area contributed by atoms with Gasteiger partial charge >= 0.3 is 0 Å². The fourth-order valence-electron chi connectivity index (χ4n) is 3.11. The number of fused-ring (bicyclic) bond motifs is 1. The van der Waals surface area contributed by atoms with Crippen molar-refractivity contribution in [2.75, 3.05) is 13.2 Å². The highest BCUT2D eigenvalue weighted by Gasteiger charge is 2.16. The van der Waals surface area contributed by atoms with Crippen LogP contribution in [-0.2, 0) is 6.42 Å². The van der Waals surface area contributed by atoms with E-state index in [1.807, 2.05) is 55.5 Å². The van der Waals surface area contributed by atoms with E-state index in [9.17, 15) is 4.79 Å². The molecule has 3 aromatic rings. The molecular formula is C22H26N2O3. The van der Waals surface area contributed by atoms with Crippen LogP contribution < -0.4 is 9.47 Å². The van der Waals surface area contributed by atoms with Gasteiger partial charge in [0.1, 0.15) is 5.82 Å². The molecule has 5 nitrogen and oxygen atoms in total. The van der Waals surface area contributed by atoms with Gasteiger partial charge in [0.2, 0.25) is 5.91 Å². The average molecular weight is 366 g/mol. The molecule has 0 unspecified atom stereocenters. The summed E-state index contributed by atoms with van der Waals surface area (Å²) in [7, 11) is 0. The zero-order valence-corrected chi connectivity index (χ0v) is 16.0. The van der Waals surface area contributed by atoms with E-state index >= 15 is 0 Å². The number of aromatic nitrogens is 2. The Balaban J connectivity index is 1.63. The number of hydrogen-bond acceptors (Lipinski definition) is 4. The fraction of sp³-hybridized carbons (Fsp3) is 0.364. The van der Waals surface area contributed by atoms with E-state index in [1.54, 1.807) is 4.57 Å². The number of carbonyl (C=O) groups excluding carboxylic acids is 1. The average Bonchev–Trinajstić information content (AvgIpc) is 3.05. The first-order chi connectivity index (χ1) is 13.2. The summed E-state index contributed by atoms with van der Waals surface area (Å²) in [5, 5.41) is 0. The molecule has 0 aliphatic carbocycles. The van der Waals surface area contributed by atoms with Crippen molar-refractivity contribution in [3.05, 3.63) is 54.4 Å². The summed E-state index contributed by atoms with van der Waals surface area (Å²) in [6, 6.07) is 15.4. The minimum Gasteiger partial charge on any atom is -0.490 e. The molecule has 0 saturated carbocycles. The topological polar surface area (TPSA) is 53.4 Å². The first-order valence-electron chi connectivity index (χ1n) is 9.58. The molecule has 0 radical (unpaired) electrons. The Hall–Kier alpha value is -2.82. The zero-order chi connectivity index (χ0) is 19.1. The molecular weight excluding hydrogens is 340 g/mol. The number of hydrogen-bond donors (Lipinski definition) is 0. The second kappa shape index (κ2) is 9.21. The number of nitrogens with zero attached hydrogens (tertiary/aromatic N) is 2. The van der Waals surface area contributed by atoms with Gasteiger partial charge in [-0.25, -0.2) is 4.98 Å². The molecule has 0 aliphatic rings. The first-order valence-corrected chi connectivity index (χ1v) is 9.58. The van der Waals surface area contributed by atoms with Crippen LogP contribution in [-0.4, -0.2) is 28.7 Å². The maximum atomic E-state index is 12.8. The minimum atomic E-state index is 0.0637. The molecule has 27 heavy (non-hydrogen) atoms. The van der Waals surface area contributed by atoms with Crippen LogP contribution in [0.4, 0.5) is 0 Å². The highest BCUT2D eigenvalue weighted by Crippen LogP contribution is 2.26. The third kappa shape index (κ3) is 4.48. The molecule has 3 rings (SSSR count). The Morgan fingerprint density at radius 1 is 1.00 bits per heavy atom. The molecule has 0 N–H and O–H groups in total. The van der Waals surface area contributed by atoms with Gasteiger partial charge in [-0.15, -0.1) is 0 Å². The quantitative estimate of drug-likeness (QED) is 0.506. The molecule has 0 fully saturated rings. The SMILES string of the molecule is CCCc1nc2ccccc2n1C(=O)CCCOc1ccccc1OCC. The molecule has 142 valence electrons. The molecule has 0 saturated heterocycles. The van der Waals surface area contributed by atoms with Crippen molar-refractivity contribution in [2.45, 2.75) is 39.5 Å². The van der Waals surface area contributed by atoms with Crippen LogP contribution in [0, 0.1) is 0 Å². The maximum Gasteiger partial charge on any atom is 0.232 e. The predicted molar refractivity (Wildman–Crippen MR) is 107 cm³/mol. The summed E-state index contributed by atoms with van der Waals surface area (Å²) >= 11 is 0. The molecule has 5 heteroatoms. The van der Waals surface area contributed by atoms with Gasteiger partial charge < -0.3 is 9.47 Å². The Morgan fingerprint density at radius 2 is 1.70 bits per heavy atom. The maximum absolute atomic E-state index is 12.8. The molecule has 1 heterocycles. The van der Waals surface area contributed by atoms with Crippen LogP contribution in [0.5, 0.6) is 11.5 Å². The lowest BCUT2D eigenvalue weighted by Crippen LogP contribution is -2.15. The number of aryl methyl sites for hydroxylation is 1. The number of para-hydroxylation sites is 4. The monoisotopic (exact) mass is 366 g/mol. The summed E-state index contributed by atoms with van der Waals surface area (Å²) in [5.74, 6) is 2.35. The van der Waals surface area contributed by atoms with E-state index in [2.05, 4.69) is 11.9 Å². The standard InChI is InChI=1S/C22H26N2O3/c1-3-10-21-23-17-11-5-6-12-18(17)24(21)22(25)15-9-16-27-20-14-8-7-13-19(20)26-4-2/h5-8,11-14H,3-4,9-10,15-16H2,1-2H3. The van der Waals surface area contributed by atoms with Crippen LogP contribution in [0.2, 0.25) is 0 Å². The Morgan fingerprint density at radius 3 is 2.44 bits per heavy atom. The second-order valence-electron chi connectivity index (χ2n) is 6.33. The van der Waals surface area contributed by atoms with Gasteiger partial charge in [-0.05, 0) is 44.0 Å². The van der Waals surface area contributed by atoms with E-state index in [1.165, 1.54) is 0 Å². The number of rotatable bonds is 9. The number of carbonyl (C=O) groups is 1. The van der Waals surface area contributed by atoms with Crippen LogP contribution in [0.15, 0.2) is 48.5 Å². The van der Waals surface area contributed by atoms with E-state index in [0.717, 1.165) is 35.4 Å². The molecule has 0 bridgehead atoms. The summed E-state index contributed by atoms with van der Waals surface area (Å²) in [4.78, 5) is 17.5. The van der Waals surface area contributed by atoms with E-state index in [4.69, 9.17) is 9.47 Å². The van der Waals surface area contributed by atoms with Crippen molar-refractivity contribution in [3.8, 4) is 11.5 Å². The fourth-order valence-corrected chi connectivity index (χ4v) is 3.11. The van der Waals surface area contributed by atoms with E-state index < -0.39 is 0 Å². The zero-order valence-electron chi connectivity index (χ0n) is 16.0. The number of ether oxygens (including phenoxy) is 2. The van der Waals surface area contributed by atoms with E-state index in [-0.39, 0.29) is 5.91 Å². The van der Waals surface area contributed by atoms with Crippen LogP contribution >= 0.6 is 0 Å². The summed E-state index contributed by atoms with van der Waals surface area (Å²) in [5.41, 5.74) is 1.75. The smallest absolute Gasteiger partial charge is 0.232 e. The molecule has 1 aromatic heterocycles. The van der Waals surface area contributed by atoms with E-state index in [0.29, 0.717) is 31.8 Å². The Kier molecular flexibility index (Phi) is 6.47. The largest absolute Gasteiger partial charge is 0.490 e. The highest BCUT2D eigenvalue weighted by molar-refractivity contribution is 5.91. The minimum absolute atomic E-state index is 0.0637. The van der Waals surface area contributed by atoms with Crippen molar-refractivity contribution in [2.24, 2.45) is 0 Å². The first kappa shape index (κ1) is 19.0. The van der Waals surface area contributed by atoms with Gasteiger partial charge in [-0.1, -0.05) is 31.2 Å². The van der Waals surface area contributed by atoms with Crippen LogP contribution in [0.1, 0.15) is 43.7 Å². The summed E-state index contributed by atoms with van der Waals surface area (Å²) < 4.78 is 13.2. The van der Waals surface area contributed by atoms with Crippen molar-refractivity contribution in [3.63, 3.8) is 0 Å². The third-order valence-corrected chi connectivity index (χ3v) is 4.29. The van der Waals surface area contributed by atoms with Gasteiger partial charge in [0, 0.05) is 12.8 Å². The van der Waals surface area contributed by atoms with Crippen molar-refractivity contribution in [1.29, 1.82) is 0 Å². The molecule has 0 atom stereocenters. The van der Waals surface area contributed by atoms with Crippen LogP contribution in [0.25, 0.3) is 11.0 Å². The molecule has 0 aliphatic heterocycles. The Bertz CT molecular complexity index is 901. The van der Waals surface area contributed by atoms with Crippen molar-refractivity contribution < 1.29 is 14.3 Å². The van der Waals surface area contributed by atoms with Gasteiger partial charge in [0.05, 0.1) is 24.2 Å². The van der Waals surface area contributed by atoms with Crippen molar-refractivity contribution in [1.82, 2.24) is 9.55 Å². The Labute approximate surface area is 159 Å². The van der Waals surface area contributed by atoms with Gasteiger partial charge in [0.25, 0.3) is 0 Å². The van der Waals surface area contributed by atoms with Gasteiger partial charge in [-0.2, -0.15) is 0 Å². The number of imidazole rings is 1. The lowest BCUT2D eigenvalue weighted by Gasteiger charge is -2.12.